The van der Waals surface area contributed by atoms with E-state index in [2.05, 4.69) is 98.7 Å². The van der Waals surface area contributed by atoms with E-state index in [4.69, 9.17) is 0 Å². The molecule has 3 heteroatoms. The van der Waals surface area contributed by atoms with Gasteiger partial charge in [-0.3, -0.25) is 4.98 Å². The van der Waals surface area contributed by atoms with Crippen molar-refractivity contribution in [3.63, 3.8) is 0 Å². The van der Waals surface area contributed by atoms with Crippen LogP contribution < -0.4 is 0 Å². The third-order valence-electron chi connectivity index (χ3n) is 5.98. The quantitative estimate of drug-likeness (QED) is 0.157. The zero-order chi connectivity index (χ0) is 20.3. The van der Waals surface area contributed by atoms with Gasteiger partial charge in [-0.1, -0.05) is 50.4 Å². The molecule has 0 aliphatic rings. The van der Waals surface area contributed by atoms with Crippen LogP contribution in [0.5, 0.6) is 0 Å². The maximum Gasteiger partial charge on any atom is 0.0608 e. The van der Waals surface area contributed by atoms with Crippen molar-refractivity contribution in [2.24, 2.45) is 0 Å². The number of nitrogens with zero attached hydrogens (tertiary/aromatic N) is 2. The van der Waals surface area contributed by atoms with Gasteiger partial charge in [-0.25, -0.2) is 0 Å². The van der Waals surface area contributed by atoms with Gasteiger partial charge >= 0.3 is 0 Å². The van der Waals surface area contributed by atoms with Crippen molar-refractivity contribution in [1.29, 1.82) is 0 Å². The van der Waals surface area contributed by atoms with Crippen molar-refractivity contribution in [3.8, 4) is 11.1 Å². The number of aromatic nitrogens is 2. The minimum Gasteiger partial charge on any atom is -0.340 e. The first kappa shape index (κ1) is 20.8. The molecule has 2 nitrogen and oxygen atoms in total. The van der Waals surface area contributed by atoms with Crippen molar-refractivity contribution < 1.29 is 20.1 Å². The molecule has 5 rings (SSSR count). The number of fused-ring (bicyclic) bond motifs is 6. The summed E-state index contributed by atoms with van der Waals surface area (Å²) < 4.78 is 2.24. The topological polar surface area (TPSA) is 17.3 Å². The first-order chi connectivity index (χ1) is 13.9. The fraction of sp³-hybridized carbons (Fsp3) is 0.222. The van der Waals surface area contributed by atoms with E-state index in [-0.39, 0.29) is 25.5 Å². The van der Waals surface area contributed by atoms with Crippen LogP contribution in [0.2, 0.25) is 0 Å². The van der Waals surface area contributed by atoms with Gasteiger partial charge in [0.15, 0.2) is 0 Å². The van der Waals surface area contributed by atoms with Crippen LogP contribution >= 0.6 is 0 Å². The molecule has 0 atom stereocenters. The number of hydrogen-bond donors (Lipinski definition) is 0. The third-order valence-corrected chi connectivity index (χ3v) is 5.98. The number of benzene rings is 3. The smallest absolute Gasteiger partial charge is 0.0608 e. The van der Waals surface area contributed by atoms with Gasteiger partial charge in [-0.2, -0.15) is 0 Å². The Hall–Kier alpha value is -2.48. The summed E-state index contributed by atoms with van der Waals surface area (Å²) in [5.41, 5.74) is 8.76. The van der Waals surface area contributed by atoms with Gasteiger partial charge in [-0.05, 0) is 53.0 Å². The molecule has 0 N–H and O–H groups in total. The van der Waals surface area contributed by atoms with E-state index in [1.807, 2.05) is 12.3 Å². The molecule has 153 valence electrons. The maximum atomic E-state index is 4.68. The van der Waals surface area contributed by atoms with Crippen LogP contribution in [0, 0.1) is 19.9 Å². The van der Waals surface area contributed by atoms with Gasteiger partial charge in [-0.15, -0.1) is 29.7 Å². The fourth-order valence-electron chi connectivity index (χ4n) is 4.48. The summed E-state index contributed by atoms with van der Waals surface area (Å²) in [7, 11) is 0. The summed E-state index contributed by atoms with van der Waals surface area (Å²) in [5, 5.41) is 3.54. The normalized spacial score (nSPS) is 11.9. The summed E-state index contributed by atoms with van der Waals surface area (Å²) in [6.45, 7) is 11.3. The van der Waals surface area contributed by atoms with Crippen LogP contribution in [0.3, 0.4) is 0 Å². The Balaban J connectivity index is 0.00000218. The summed E-state index contributed by atoms with van der Waals surface area (Å²) in [4.78, 5) is 4.68. The molecule has 0 bridgehead atoms. The van der Waals surface area contributed by atoms with Crippen molar-refractivity contribution >= 4 is 27.3 Å². The molecule has 2 heterocycles. The molecule has 0 saturated heterocycles. The van der Waals surface area contributed by atoms with Crippen LogP contribution in [-0.4, -0.2) is 9.38 Å². The number of rotatable bonds is 1. The molecule has 0 amide bonds. The molecule has 0 spiro atoms. The Kier molecular flexibility index (Phi) is 5.08. The minimum absolute atomic E-state index is 0. The van der Waals surface area contributed by atoms with E-state index >= 15 is 0 Å². The molecule has 1 radical (unpaired) electrons. The molecule has 0 aliphatic heterocycles. The average molecular weight is 570 g/mol. The van der Waals surface area contributed by atoms with E-state index in [1.165, 1.54) is 44.1 Å². The zero-order valence-electron chi connectivity index (χ0n) is 18.0. The maximum absolute atomic E-state index is 4.68. The molecule has 0 saturated carbocycles. The Bertz CT molecular complexity index is 1380. The first-order valence-corrected chi connectivity index (χ1v) is 10.2. The van der Waals surface area contributed by atoms with Crippen molar-refractivity contribution in [2.75, 3.05) is 0 Å². The molecule has 5 aromatic rings. The predicted octanol–water partition coefficient (Wildman–Crippen LogP) is 7.02. The van der Waals surface area contributed by atoms with E-state index in [9.17, 15) is 0 Å². The second-order valence-corrected chi connectivity index (χ2v) is 9.02. The molecule has 3 aromatic carbocycles. The molecule has 2 aromatic heterocycles. The number of pyridine rings is 1. The average Bonchev–Trinajstić information content (AvgIpc) is 3.17. The second kappa shape index (κ2) is 7.34. The summed E-state index contributed by atoms with van der Waals surface area (Å²) >= 11 is 0. The van der Waals surface area contributed by atoms with Crippen LogP contribution in [0.1, 0.15) is 37.5 Å². The monoisotopic (exact) mass is 570 g/mol. The Morgan fingerprint density at radius 1 is 0.933 bits per heavy atom. The zero-order valence-corrected chi connectivity index (χ0v) is 20.4. The molecular formula is C27H25IrN2-. The second-order valence-electron chi connectivity index (χ2n) is 9.02. The number of imidazole rings is 1. The Morgan fingerprint density at radius 2 is 1.67 bits per heavy atom. The molecule has 30 heavy (non-hydrogen) atoms. The Labute approximate surface area is 191 Å². The van der Waals surface area contributed by atoms with E-state index in [0.29, 0.717) is 0 Å². The van der Waals surface area contributed by atoms with Crippen molar-refractivity contribution in [3.05, 3.63) is 83.7 Å². The largest absolute Gasteiger partial charge is 0.340 e. The number of hydrogen-bond acceptors (Lipinski definition) is 1. The van der Waals surface area contributed by atoms with Crippen molar-refractivity contribution in [2.45, 2.75) is 40.0 Å². The predicted molar refractivity (Wildman–Crippen MR) is 123 cm³/mol. The van der Waals surface area contributed by atoms with E-state index in [0.717, 1.165) is 11.0 Å². The Morgan fingerprint density at radius 3 is 2.37 bits per heavy atom. The summed E-state index contributed by atoms with van der Waals surface area (Å²) in [6, 6.07) is 21.0. The van der Waals surface area contributed by atoms with Gasteiger partial charge in [0.05, 0.1) is 5.65 Å². The number of aryl methyl sites for hydroxylation is 2. The van der Waals surface area contributed by atoms with Gasteiger partial charge in [0.1, 0.15) is 0 Å². The van der Waals surface area contributed by atoms with Gasteiger partial charge < -0.3 is 4.40 Å². The summed E-state index contributed by atoms with van der Waals surface area (Å²) in [6.07, 6.45) is 3.97. The molecule has 0 unspecified atom stereocenters. The van der Waals surface area contributed by atoms with Gasteiger partial charge in [0.25, 0.3) is 0 Å². The fourth-order valence-corrected chi connectivity index (χ4v) is 4.48. The van der Waals surface area contributed by atoms with E-state index in [1.54, 1.807) is 0 Å². The van der Waals surface area contributed by atoms with Gasteiger partial charge in [0, 0.05) is 43.6 Å². The molecule has 0 aliphatic carbocycles. The van der Waals surface area contributed by atoms with E-state index < -0.39 is 0 Å². The standard InChI is InChI=1S/C27H25N2.Ir/c1-17-9-8-10-18(2)24(17)23-16-19(27(3,4)5)15-22-20-11-6-7-12-21(20)26-28-13-14-29(26)25(22)23;/h6-11,13-16H,1-5H3;/q-1;. The SMILES string of the molecule is Cc1cccc(C)c1-c1cc(C(C)(C)C)cc2c3ccc[c-]c3c3nccn3c12.[Ir]. The minimum atomic E-state index is 0. The third kappa shape index (κ3) is 3.09. The van der Waals surface area contributed by atoms with Crippen LogP contribution in [0.25, 0.3) is 38.4 Å². The molecular weight excluding hydrogens is 545 g/mol. The van der Waals surface area contributed by atoms with Crippen LogP contribution in [0.15, 0.2) is 60.9 Å². The first-order valence-electron chi connectivity index (χ1n) is 10.2. The van der Waals surface area contributed by atoms with Crippen LogP contribution in [-0.2, 0) is 25.5 Å². The van der Waals surface area contributed by atoms with Crippen molar-refractivity contribution in [1.82, 2.24) is 9.38 Å². The molecule has 0 fully saturated rings. The van der Waals surface area contributed by atoms with Crippen LogP contribution in [0.4, 0.5) is 0 Å². The summed E-state index contributed by atoms with van der Waals surface area (Å²) in [5.74, 6) is 0. The van der Waals surface area contributed by atoms with Gasteiger partial charge in [0.2, 0.25) is 0 Å².